The third kappa shape index (κ3) is 7.20. The molecule has 1 N–H and O–H groups in total. The van der Waals surface area contributed by atoms with Gasteiger partial charge in [-0.05, 0) is 80.8 Å². The first-order valence-corrected chi connectivity index (χ1v) is 15.1. The molecular weight excluding hydrogens is 553 g/mol. The number of amides is 2. The fourth-order valence-electron chi connectivity index (χ4n) is 4.73. The maximum absolute atomic E-state index is 13.9. The second-order valence-electron chi connectivity index (χ2n) is 10.1. The summed E-state index contributed by atoms with van der Waals surface area (Å²) >= 11 is 6.05. The fraction of sp³-hybridized carbons (Fsp3) is 0.333. The van der Waals surface area contributed by atoms with Gasteiger partial charge < -0.3 is 10.2 Å². The quantitative estimate of drug-likeness (QED) is 0.342. The number of halogens is 2. The summed E-state index contributed by atoms with van der Waals surface area (Å²) in [6.45, 7) is 2.91. The SMILES string of the molecule is Cc1ccc(S(=O)(=O)N(CC(=O)N(Cc2ccc(F)cc2)[C@@H](C)C(=O)NC2CCCC2)c2ccc(Cl)cc2)cc1. The summed E-state index contributed by atoms with van der Waals surface area (Å²) in [7, 11) is -4.16. The predicted molar refractivity (Wildman–Crippen MR) is 154 cm³/mol. The lowest BCUT2D eigenvalue weighted by molar-refractivity contribution is -0.139. The van der Waals surface area contributed by atoms with Crippen LogP contribution in [0.2, 0.25) is 5.02 Å². The molecule has 1 atom stereocenters. The highest BCUT2D eigenvalue weighted by molar-refractivity contribution is 7.92. The van der Waals surface area contributed by atoms with Crippen molar-refractivity contribution in [2.24, 2.45) is 0 Å². The van der Waals surface area contributed by atoms with Crippen LogP contribution in [0.1, 0.15) is 43.7 Å². The van der Waals surface area contributed by atoms with Crippen LogP contribution in [0.25, 0.3) is 0 Å². The second kappa shape index (κ2) is 12.8. The number of aryl methyl sites for hydroxylation is 1. The van der Waals surface area contributed by atoms with E-state index in [9.17, 15) is 22.4 Å². The van der Waals surface area contributed by atoms with Gasteiger partial charge in [-0.25, -0.2) is 12.8 Å². The number of nitrogens with zero attached hydrogens (tertiary/aromatic N) is 2. The molecule has 1 aliphatic rings. The number of carbonyl (C=O) groups excluding carboxylic acids is 2. The van der Waals surface area contributed by atoms with Crippen molar-refractivity contribution in [3.05, 3.63) is 94.8 Å². The van der Waals surface area contributed by atoms with Gasteiger partial charge in [0.25, 0.3) is 10.0 Å². The van der Waals surface area contributed by atoms with Crippen molar-refractivity contribution in [1.29, 1.82) is 0 Å². The lowest BCUT2D eigenvalue weighted by Crippen LogP contribution is -2.52. The van der Waals surface area contributed by atoms with Crippen LogP contribution in [0.4, 0.5) is 10.1 Å². The van der Waals surface area contributed by atoms with E-state index in [1.54, 1.807) is 31.2 Å². The van der Waals surface area contributed by atoms with Crippen molar-refractivity contribution in [3.8, 4) is 0 Å². The maximum Gasteiger partial charge on any atom is 0.264 e. The van der Waals surface area contributed by atoms with Crippen molar-refractivity contribution in [2.75, 3.05) is 10.8 Å². The fourth-order valence-corrected chi connectivity index (χ4v) is 6.27. The van der Waals surface area contributed by atoms with Crippen LogP contribution in [-0.2, 0) is 26.2 Å². The molecule has 3 aromatic rings. The predicted octanol–water partition coefficient (Wildman–Crippen LogP) is 5.46. The molecule has 10 heteroatoms. The van der Waals surface area contributed by atoms with E-state index in [1.807, 2.05) is 6.92 Å². The van der Waals surface area contributed by atoms with Crippen LogP contribution in [0, 0.1) is 12.7 Å². The number of rotatable bonds is 10. The Kier molecular flexibility index (Phi) is 9.48. The molecule has 1 fully saturated rings. The van der Waals surface area contributed by atoms with Gasteiger partial charge in [0.05, 0.1) is 10.6 Å². The first kappa shape index (κ1) is 29.6. The van der Waals surface area contributed by atoms with E-state index < -0.39 is 34.3 Å². The van der Waals surface area contributed by atoms with Gasteiger partial charge in [0, 0.05) is 17.6 Å². The molecular formula is C30H33ClFN3O4S. The van der Waals surface area contributed by atoms with Gasteiger partial charge in [0.2, 0.25) is 11.8 Å². The maximum atomic E-state index is 13.9. The van der Waals surface area contributed by atoms with Crippen LogP contribution < -0.4 is 9.62 Å². The molecule has 0 unspecified atom stereocenters. The minimum atomic E-state index is -4.16. The van der Waals surface area contributed by atoms with Crippen molar-refractivity contribution >= 4 is 39.1 Å². The lowest BCUT2D eigenvalue weighted by Gasteiger charge is -2.32. The van der Waals surface area contributed by atoms with E-state index in [2.05, 4.69) is 5.32 Å². The molecule has 3 aromatic carbocycles. The molecule has 0 saturated heterocycles. The third-order valence-electron chi connectivity index (χ3n) is 7.14. The molecule has 2 amide bonds. The molecule has 4 rings (SSSR count). The average molecular weight is 586 g/mol. The van der Waals surface area contributed by atoms with Gasteiger partial charge in [0.15, 0.2) is 0 Å². The summed E-state index contributed by atoms with van der Waals surface area (Å²) in [5.74, 6) is -1.32. The molecule has 0 bridgehead atoms. The highest BCUT2D eigenvalue weighted by Gasteiger charge is 2.33. The number of hydrogen-bond donors (Lipinski definition) is 1. The molecule has 0 aromatic heterocycles. The van der Waals surface area contributed by atoms with Crippen LogP contribution in [-0.4, -0.2) is 43.8 Å². The van der Waals surface area contributed by atoms with Crippen molar-refractivity contribution in [1.82, 2.24) is 10.2 Å². The lowest BCUT2D eigenvalue weighted by atomic mass is 10.1. The minimum absolute atomic E-state index is 0.00258. The summed E-state index contributed by atoms with van der Waals surface area (Å²) in [5, 5.41) is 3.44. The minimum Gasteiger partial charge on any atom is -0.352 e. The monoisotopic (exact) mass is 585 g/mol. The van der Waals surface area contributed by atoms with E-state index in [4.69, 9.17) is 11.6 Å². The Bertz CT molecular complexity index is 1430. The number of carbonyl (C=O) groups is 2. The summed E-state index contributed by atoms with van der Waals surface area (Å²) in [5.41, 5.74) is 1.75. The Hall–Kier alpha value is -3.43. The van der Waals surface area contributed by atoms with E-state index in [0.29, 0.717) is 10.6 Å². The molecule has 0 radical (unpaired) electrons. The smallest absolute Gasteiger partial charge is 0.264 e. The van der Waals surface area contributed by atoms with Gasteiger partial charge in [-0.3, -0.25) is 13.9 Å². The standard InChI is InChI=1S/C30H33ClFN3O4S/c1-21-7-17-28(18-8-21)40(38,39)35(27-15-11-24(31)12-16-27)20-29(36)34(19-23-9-13-25(32)14-10-23)22(2)30(37)33-26-5-3-4-6-26/h7-18,22,26H,3-6,19-20H2,1-2H3,(H,33,37)/t22-/m0/s1. The van der Waals surface area contributed by atoms with Gasteiger partial charge in [-0.15, -0.1) is 0 Å². The highest BCUT2D eigenvalue weighted by Crippen LogP contribution is 2.26. The summed E-state index contributed by atoms with van der Waals surface area (Å²) in [6, 6.07) is 17.3. The van der Waals surface area contributed by atoms with Gasteiger partial charge in [-0.2, -0.15) is 0 Å². The molecule has 1 saturated carbocycles. The molecule has 212 valence electrons. The number of benzene rings is 3. The Balaban J connectivity index is 1.67. The Morgan fingerprint density at radius 1 is 0.975 bits per heavy atom. The Morgan fingerprint density at radius 3 is 2.17 bits per heavy atom. The van der Waals surface area contributed by atoms with E-state index >= 15 is 0 Å². The molecule has 0 spiro atoms. The molecule has 0 aliphatic heterocycles. The van der Waals surface area contributed by atoms with Crippen molar-refractivity contribution in [2.45, 2.75) is 63.1 Å². The molecule has 1 aliphatic carbocycles. The van der Waals surface area contributed by atoms with E-state index in [0.717, 1.165) is 35.6 Å². The van der Waals surface area contributed by atoms with E-state index in [1.165, 1.54) is 53.4 Å². The zero-order chi connectivity index (χ0) is 28.9. The van der Waals surface area contributed by atoms with Crippen molar-refractivity contribution in [3.63, 3.8) is 0 Å². The van der Waals surface area contributed by atoms with Crippen molar-refractivity contribution < 1.29 is 22.4 Å². The van der Waals surface area contributed by atoms with Gasteiger partial charge in [0.1, 0.15) is 18.4 Å². The Labute approximate surface area is 240 Å². The normalized spacial score (nSPS) is 14.5. The summed E-state index contributed by atoms with van der Waals surface area (Å²) in [6.07, 6.45) is 3.82. The van der Waals surface area contributed by atoms with E-state index in [-0.39, 0.29) is 29.1 Å². The average Bonchev–Trinajstić information content (AvgIpc) is 3.44. The Morgan fingerprint density at radius 2 is 1.57 bits per heavy atom. The second-order valence-corrected chi connectivity index (χ2v) is 12.4. The molecule has 40 heavy (non-hydrogen) atoms. The van der Waals surface area contributed by atoms with Crippen LogP contribution in [0.15, 0.2) is 77.7 Å². The van der Waals surface area contributed by atoms with Crippen LogP contribution in [0.3, 0.4) is 0 Å². The highest BCUT2D eigenvalue weighted by atomic mass is 35.5. The molecule has 7 nitrogen and oxygen atoms in total. The number of anilines is 1. The summed E-state index contributed by atoms with van der Waals surface area (Å²) < 4.78 is 42.2. The summed E-state index contributed by atoms with van der Waals surface area (Å²) in [4.78, 5) is 28.5. The zero-order valence-corrected chi connectivity index (χ0v) is 24.1. The zero-order valence-electron chi connectivity index (χ0n) is 22.5. The van der Waals surface area contributed by atoms with Gasteiger partial charge in [-0.1, -0.05) is 54.3 Å². The van der Waals surface area contributed by atoms with Crippen LogP contribution >= 0.6 is 11.6 Å². The van der Waals surface area contributed by atoms with Gasteiger partial charge >= 0.3 is 0 Å². The number of hydrogen-bond acceptors (Lipinski definition) is 4. The van der Waals surface area contributed by atoms with Crippen LogP contribution in [0.5, 0.6) is 0 Å². The topological polar surface area (TPSA) is 86.8 Å². The first-order valence-electron chi connectivity index (χ1n) is 13.2. The third-order valence-corrected chi connectivity index (χ3v) is 9.18. The largest absolute Gasteiger partial charge is 0.352 e. The number of nitrogens with one attached hydrogen (secondary N) is 1. The first-order chi connectivity index (χ1) is 19.0. The molecule has 0 heterocycles. The number of sulfonamides is 1.